The van der Waals surface area contributed by atoms with Gasteiger partial charge in [0.15, 0.2) is 11.5 Å². The number of methoxy groups -OCH3 is 2. The maximum Gasteiger partial charge on any atom is 0.161 e. The molecule has 1 saturated heterocycles. The predicted octanol–water partition coefficient (Wildman–Crippen LogP) is 3.12. The number of aryl methyl sites for hydroxylation is 1. The van der Waals surface area contributed by atoms with E-state index in [1.54, 1.807) is 14.2 Å². The van der Waals surface area contributed by atoms with Crippen LogP contribution in [0.2, 0.25) is 0 Å². The summed E-state index contributed by atoms with van der Waals surface area (Å²) < 4.78 is 13.2. The fourth-order valence-corrected chi connectivity index (χ4v) is 3.89. The van der Waals surface area contributed by atoms with Crippen LogP contribution < -0.4 is 14.8 Å². The second-order valence-corrected chi connectivity index (χ2v) is 7.24. The zero-order valence-corrected chi connectivity index (χ0v) is 16.9. The molecule has 1 aromatic carbocycles. The Labute approximate surface area is 166 Å². The maximum atomic E-state index is 5.52. The molecule has 6 nitrogen and oxygen atoms in total. The van der Waals surface area contributed by atoms with Crippen LogP contribution in [-0.2, 0) is 6.54 Å². The lowest BCUT2D eigenvalue weighted by Crippen LogP contribution is -2.28. The molecule has 0 spiro atoms. The number of hydrogen-bond acceptors (Lipinski definition) is 5. The van der Waals surface area contributed by atoms with Gasteiger partial charge in [0.05, 0.1) is 25.6 Å². The van der Waals surface area contributed by atoms with Crippen LogP contribution in [0.15, 0.2) is 36.5 Å². The highest BCUT2D eigenvalue weighted by atomic mass is 16.5. The molecule has 1 aliphatic heterocycles. The summed E-state index contributed by atoms with van der Waals surface area (Å²) in [5, 5.41) is 3.48. The number of aromatic nitrogens is 2. The molecule has 2 aromatic heterocycles. The minimum atomic E-state index is 0.721. The summed E-state index contributed by atoms with van der Waals surface area (Å²) in [4.78, 5) is 7.54. The van der Waals surface area contributed by atoms with E-state index in [1.807, 2.05) is 12.1 Å². The van der Waals surface area contributed by atoms with Gasteiger partial charge in [-0.3, -0.25) is 4.90 Å². The highest BCUT2D eigenvalue weighted by Crippen LogP contribution is 2.34. The third kappa shape index (κ3) is 3.57. The summed E-state index contributed by atoms with van der Waals surface area (Å²) in [6, 6.07) is 10.2. The first-order chi connectivity index (χ1) is 13.7. The predicted molar refractivity (Wildman–Crippen MR) is 111 cm³/mol. The zero-order valence-electron chi connectivity index (χ0n) is 16.9. The van der Waals surface area contributed by atoms with Crippen molar-refractivity contribution in [1.82, 2.24) is 19.6 Å². The van der Waals surface area contributed by atoms with Crippen LogP contribution in [0.25, 0.3) is 16.9 Å². The SMILES string of the molecule is COc1ccc(-c2nc3c(C)cccn3c2CN2CCCNCC2)cc1OC. The Kier molecular flexibility index (Phi) is 5.50. The molecule has 4 rings (SSSR count). The molecule has 0 amide bonds. The van der Waals surface area contributed by atoms with Crippen molar-refractivity contribution in [3.63, 3.8) is 0 Å². The van der Waals surface area contributed by atoms with Gasteiger partial charge in [-0.1, -0.05) is 6.07 Å². The molecule has 0 atom stereocenters. The van der Waals surface area contributed by atoms with Gasteiger partial charge in [-0.2, -0.15) is 0 Å². The second kappa shape index (κ2) is 8.20. The summed E-state index contributed by atoms with van der Waals surface area (Å²) in [5.74, 6) is 1.45. The number of rotatable bonds is 5. The largest absolute Gasteiger partial charge is 0.493 e. The molecule has 1 fully saturated rings. The van der Waals surface area contributed by atoms with Gasteiger partial charge in [0.2, 0.25) is 0 Å². The van der Waals surface area contributed by atoms with E-state index in [0.717, 1.165) is 61.1 Å². The van der Waals surface area contributed by atoms with E-state index in [-0.39, 0.29) is 0 Å². The van der Waals surface area contributed by atoms with E-state index < -0.39 is 0 Å². The third-order valence-corrected chi connectivity index (χ3v) is 5.41. The summed E-state index contributed by atoms with van der Waals surface area (Å²) in [6.07, 6.45) is 3.28. The lowest BCUT2D eigenvalue weighted by molar-refractivity contribution is 0.281. The molecule has 1 aliphatic rings. The molecular weight excluding hydrogens is 352 g/mol. The van der Waals surface area contributed by atoms with Crippen LogP contribution in [0.3, 0.4) is 0 Å². The fourth-order valence-electron chi connectivity index (χ4n) is 3.89. The summed E-state index contributed by atoms with van der Waals surface area (Å²) in [7, 11) is 3.32. The number of nitrogens with zero attached hydrogens (tertiary/aromatic N) is 3. The number of benzene rings is 1. The highest BCUT2D eigenvalue weighted by Gasteiger charge is 2.20. The number of imidazole rings is 1. The normalized spacial score (nSPS) is 15.5. The number of nitrogens with one attached hydrogen (secondary N) is 1. The van der Waals surface area contributed by atoms with E-state index in [1.165, 1.54) is 17.7 Å². The Bertz CT molecular complexity index is 959. The van der Waals surface area contributed by atoms with Crippen LogP contribution >= 0.6 is 0 Å². The summed E-state index contributed by atoms with van der Waals surface area (Å²) >= 11 is 0. The minimum absolute atomic E-state index is 0.721. The number of fused-ring (bicyclic) bond motifs is 1. The topological polar surface area (TPSA) is 51.0 Å². The fraction of sp³-hybridized carbons (Fsp3) is 0.409. The molecule has 6 heteroatoms. The summed E-state index contributed by atoms with van der Waals surface area (Å²) in [6.45, 7) is 7.24. The Morgan fingerprint density at radius 1 is 1.07 bits per heavy atom. The van der Waals surface area contributed by atoms with Crippen LogP contribution in [-0.4, -0.2) is 54.7 Å². The van der Waals surface area contributed by atoms with Crippen LogP contribution in [0.1, 0.15) is 17.7 Å². The van der Waals surface area contributed by atoms with Crippen molar-refractivity contribution in [3.8, 4) is 22.8 Å². The van der Waals surface area contributed by atoms with Crippen LogP contribution in [0.5, 0.6) is 11.5 Å². The van der Waals surface area contributed by atoms with Crippen molar-refractivity contribution in [1.29, 1.82) is 0 Å². The van der Waals surface area contributed by atoms with Gasteiger partial charge >= 0.3 is 0 Å². The quantitative estimate of drug-likeness (QED) is 0.737. The monoisotopic (exact) mass is 380 g/mol. The molecule has 28 heavy (non-hydrogen) atoms. The van der Waals surface area contributed by atoms with Crippen molar-refractivity contribution in [2.24, 2.45) is 0 Å². The standard InChI is InChI=1S/C22H28N4O2/c1-16-6-4-12-26-18(15-25-11-5-9-23-10-13-25)21(24-22(16)26)17-7-8-19(27-2)20(14-17)28-3/h4,6-8,12,14,23H,5,9-11,13,15H2,1-3H3. The van der Waals surface area contributed by atoms with Gasteiger partial charge in [0, 0.05) is 31.4 Å². The number of ether oxygens (including phenoxy) is 2. The van der Waals surface area contributed by atoms with E-state index >= 15 is 0 Å². The first kappa shape index (κ1) is 18.8. The van der Waals surface area contributed by atoms with Gasteiger partial charge in [0.25, 0.3) is 0 Å². The Balaban J connectivity index is 1.82. The molecule has 0 radical (unpaired) electrons. The molecule has 3 heterocycles. The molecule has 0 aliphatic carbocycles. The maximum absolute atomic E-state index is 5.52. The molecule has 148 valence electrons. The third-order valence-electron chi connectivity index (χ3n) is 5.41. The van der Waals surface area contributed by atoms with Gasteiger partial charge in [0.1, 0.15) is 5.65 Å². The molecule has 0 bridgehead atoms. The highest BCUT2D eigenvalue weighted by molar-refractivity contribution is 5.70. The molecule has 0 unspecified atom stereocenters. The van der Waals surface area contributed by atoms with Crippen molar-refractivity contribution in [2.75, 3.05) is 40.4 Å². The first-order valence-electron chi connectivity index (χ1n) is 9.83. The lowest BCUT2D eigenvalue weighted by atomic mass is 10.1. The molecule has 1 N–H and O–H groups in total. The second-order valence-electron chi connectivity index (χ2n) is 7.24. The van der Waals surface area contributed by atoms with Crippen molar-refractivity contribution < 1.29 is 9.47 Å². The van der Waals surface area contributed by atoms with E-state index in [4.69, 9.17) is 14.5 Å². The number of pyridine rings is 1. The van der Waals surface area contributed by atoms with Crippen LogP contribution in [0.4, 0.5) is 0 Å². The molecular formula is C22H28N4O2. The minimum Gasteiger partial charge on any atom is -0.493 e. The van der Waals surface area contributed by atoms with E-state index in [2.05, 4.69) is 45.9 Å². The van der Waals surface area contributed by atoms with Crippen LogP contribution in [0, 0.1) is 6.92 Å². The average Bonchev–Trinajstić information content (AvgIpc) is 2.90. The Morgan fingerprint density at radius 2 is 1.93 bits per heavy atom. The van der Waals surface area contributed by atoms with E-state index in [0.29, 0.717) is 0 Å². The van der Waals surface area contributed by atoms with E-state index in [9.17, 15) is 0 Å². The van der Waals surface area contributed by atoms with Crippen molar-refractivity contribution >= 4 is 5.65 Å². The zero-order chi connectivity index (χ0) is 19.5. The average molecular weight is 380 g/mol. The smallest absolute Gasteiger partial charge is 0.161 e. The van der Waals surface area contributed by atoms with Gasteiger partial charge < -0.3 is 19.2 Å². The number of hydrogen-bond donors (Lipinski definition) is 1. The molecule has 0 saturated carbocycles. The molecule has 3 aromatic rings. The Morgan fingerprint density at radius 3 is 2.75 bits per heavy atom. The van der Waals surface area contributed by atoms with Gasteiger partial charge in [-0.15, -0.1) is 0 Å². The Hall–Kier alpha value is -2.57. The van der Waals surface area contributed by atoms with Gasteiger partial charge in [-0.05, 0) is 56.3 Å². The first-order valence-corrected chi connectivity index (χ1v) is 9.83. The van der Waals surface area contributed by atoms with Crippen molar-refractivity contribution in [3.05, 3.63) is 47.8 Å². The lowest BCUT2D eigenvalue weighted by Gasteiger charge is -2.20. The van der Waals surface area contributed by atoms with Crippen molar-refractivity contribution in [2.45, 2.75) is 19.9 Å². The van der Waals surface area contributed by atoms with Gasteiger partial charge in [-0.25, -0.2) is 4.98 Å². The summed E-state index contributed by atoms with van der Waals surface area (Å²) in [5.41, 5.74) is 5.45.